The number of pyridine rings is 1. The predicted octanol–water partition coefficient (Wildman–Crippen LogP) is 2.01. The molecule has 1 aromatic rings. The van der Waals surface area contributed by atoms with Gasteiger partial charge in [0.2, 0.25) is 6.54 Å². The van der Waals surface area contributed by atoms with Crippen molar-refractivity contribution in [2.24, 2.45) is 5.92 Å². The van der Waals surface area contributed by atoms with Gasteiger partial charge in [-0.1, -0.05) is 20.8 Å². The molecule has 100 valence electrons. The van der Waals surface area contributed by atoms with Gasteiger partial charge in [0.05, 0.1) is 0 Å². The number of hydrogen-bond acceptors (Lipinski definition) is 1. The molecular formula is C15H25N2O+. The highest BCUT2D eigenvalue weighted by Gasteiger charge is 2.12. The lowest BCUT2D eigenvalue weighted by atomic mass is 10.1. The van der Waals surface area contributed by atoms with Crippen molar-refractivity contribution in [2.75, 3.05) is 6.54 Å². The van der Waals surface area contributed by atoms with E-state index in [-0.39, 0.29) is 5.91 Å². The van der Waals surface area contributed by atoms with E-state index in [2.05, 4.69) is 44.4 Å². The Bertz CT molecular complexity index is 399. The first-order valence-electron chi connectivity index (χ1n) is 6.78. The second-order valence-corrected chi connectivity index (χ2v) is 5.19. The Hall–Kier alpha value is -1.38. The van der Waals surface area contributed by atoms with Gasteiger partial charge >= 0.3 is 0 Å². The fourth-order valence-electron chi connectivity index (χ4n) is 1.76. The minimum Gasteiger partial charge on any atom is -0.351 e. The van der Waals surface area contributed by atoms with E-state index in [9.17, 15) is 4.79 Å². The minimum atomic E-state index is 0.0944. The molecule has 0 aliphatic rings. The van der Waals surface area contributed by atoms with Crippen LogP contribution in [0.25, 0.3) is 0 Å². The van der Waals surface area contributed by atoms with E-state index in [1.807, 2.05) is 11.5 Å². The second-order valence-electron chi connectivity index (χ2n) is 5.19. The molecule has 3 nitrogen and oxygen atoms in total. The first-order valence-corrected chi connectivity index (χ1v) is 6.78. The summed E-state index contributed by atoms with van der Waals surface area (Å²) in [6.45, 7) is 9.66. The first kappa shape index (κ1) is 14.7. The molecule has 0 spiro atoms. The highest BCUT2D eigenvalue weighted by atomic mass is 16.1. The van der Waals surface area contributed by atoms with Gasteiger partial charge < -0.3 is 5.32 Å². The van der Waals surface area contributed by atoms with Crippen LogP contribution in [-0.2, 0) is 17.8 Å². The summed E-state index contributed by atoms with van der Waals surface area (Å²) < 4.78 is 2.02. The van der Waals surface area contributed by atoms with Gasteiger partial charge in [-0.25, -0.2) is 0 Å². The van der Waals surface area contributed by atoms with Crippen LogP contribution in [0.1, 0.15) is 38.4 Å². The van der Waals surface area contributed by atoms with Crippen molar-refractivity contribution in [1.82, 2.24) is 5.32 Å². The number of aromatic nitrogens is 1. The number of carbonyl (C=O) groups is 1. The van der Waals surface area contributed by atoms with Gasteiger partial charge in [0.15, 0.2) is 11.9 Å². The fourth-order valence-corrected chi connectivity index (χ4v) is 1.76. The topological polar surface area (TPSA) is 33.0 Å². The van der Waals surface area contributed by atoms with E-state index in [4.69, 9.17) is 0 Å². The van der Waals surface area contributed by atoms with Gasteiger partial charge in [-0.05, 0) is 24.8 Å². The van der Waals surface area contributed by atoms with Crippen LogP contribution in [0.2, 0.25) is 0 Å². The zero-order chi connectivity index (χ0) is 13.5. The summed E-state index contributed by atoms with van der Waals surface area (Å²) in [6.07, 6.45) is 4.09. The normalized spacial score (nSPS) is 10.7. The number of nitrogens with one attached hydrogen (secondary N) is 1. The molecule has 0 saturated heterocycles. The molecule has 1 N–H and O–H groups in total. The van der Waals surface area contributed by atoms with Crippen molar-refractivity contribution in [3.8, 4) is 0 Å². The third kappa shape index (κ3) is 4.86. The van der Waals surface area contributed by atoms with Crippen LogP contribution in [0, 0.1) is 12.8 Å². The number of carbonyl (C=O) groups excluding carboxylic acids is 1. The van der Waals surface area contributed by atoms with E-state index in [1.165, 1.54) is 5.56 Å². The average molecular weight is 249 g/mol. The molecule has 0 aliphatic heterocycles. The minimum absolute atomic E-state index is 0.0944. The molecule has 0 saturated carbocycles. The summed E-state index contributed by atoms with van der Waals surface area (Å²) in [5.41, 5.74) is 2.38. The van der Waals surface area contributed by atoms with Crippen molar-refractivity contribution in [1.29, 1.82) is 0 Å². The van der Waals surface area contributed by atoms with Gasteiger partial charge in [-0.2, -0.15) is 4.57 Å². The Labute approximate surface area is 110 Å². The van der Waals surface area contributed by atoms with Gasteiger partial charge in [0.25, 0.3) is 5.91 Å². The number of rotatable bonds is 6. The molecule has 1 rings (SSSR count). The summed E-state index contributed by atoms with van der Waals surface area (Å²) >= 11 is 0. The molecule has 0 unspecified atom stereocenters. The molecule has 0 fully saturated rings. The molecule has 1 aromatic heterocycles. The van der Waals surface area contributed by atoms with Crippen LogP contribution in [0.5, 0.6) is 0 Å². The molecule has 18 heavy (non-hydrogen) atoms. The van der Waals surface area contributed by atoms with E-state index in [0.29, 0.717) is 12.5 Å². The summed E-state index contributed by atoms with van der Waals surface area (Å²) in [4.78, 5) is 11.8. The Balaban J connectivity index is 2.53. The average Bonchev–Trinajstić information content (AvgIpc) is 2.31. The van der Waals surface area contributed by atoms with Crippen molar-refractivity contribution in [3.05, 3.63) is 29.6 Å². The highest BCUT2D eigenvalue weighted by molar-refractivity contribution is 5.74. The van der Waals surface area contributed by atoms with Crippen LogP contribution in [-0.4, -0.2) is 12.5 Å². The van der Waals surface area contributed by atoms with Crippen molar-refractivity contribution < 1.29 is 9.36 Å². The molecule has 3 heteroatoms. The van der Waals surface area contributed by atoms with Gasteiger partial charge in [-0.15, -0.1) is 0 Å². The molecule has 0 radical (unpaired) electrons. The van der Waals surface area contributed by atoms with Crippen LogP contribution in [0.4, 0.5) is 0 Å². The maximum Gasteiger partial charge on any atom is 0.286 e. The zero-order valence-corrected chi connectivity index (χ0v) is 12.0. The Morgan fingerprint density at radius 2 is 2.11 bits per heavy atom. The van der Waals surface area contributed by atoms with Crippen LogP contribution >= 0.6 is 0 Å². The molecule has 1 amide bonds. The quantitative estimate of drug-likeness (QED) is 0.769. The molecular weight excluding hydrogens is 224 g/mol. The highest BCUT2D eigenvalue weighted by Crippen LogP contribution is 1.99. The Morgan fingerprint density at radius 1 is 1.39 bits per heavy atom. The standard InChI is InChI=1S/C15H24N2O/c1-5-14-7-6-13(4)17(10-14)11-15(18)16-9-8-12(2)3/h6-7,10,12H,5,8-9,11H2,1-4H3/p+1. The van der Waals surface area contributed by atoms with Crippen molar-refractivity contribution >= 4 is 5.91 Å². The van der Waals surface area contributed by atoms with E-state index in [1.54, 1.807) is 0 Å². The fraction of sp³-hybridized carbons (Fsp3) is 0.600. The second kappa shape index (κ2) is 7.14. The Kier molecular flexibility index (Phi) is 5.83. The molecule has 1 heterocycles. The van der Waals surface area contributed by atoms with Gasteiger partial charge in [-0.3, -0.25) is 4.79 Å². The molecule has 0 aliphatic carbocycles. The van der Waals surface area contributed by atoms with E-state index in [0.717, 1.165) is 25.1 Å². The van der Waals surface area contributed by atoms with Crippen molar-refractivity contribution in [3.63, 3.8) is 0 Å². The maximum absolute atomic E-state index is 11.8. The van der Waals surface area contributed by atoms with Gasteiger partial charge in [0, 0.05) is 25.1 Å². The lowest BCUT2D eigenvalue weighted by Crippen LogP contribution is -2.45. The zero-order valence-electron chi connectivity index (χ0n) is 12.0. The third-order valence-corrected chi connectivity index (χ3v) is 3.08. The van der Waals surface area contributed by atoms with E-state index >= 15 is 0 Å². The van der Waals surface area contributed by atoms with Gasteiger partial charge in [0.1, 0.15) is 0 Å². The molecule has 0 aromatic carbocycles. The molecule has 0 bridgehead atoms. The monoisotopic (exact) mass is 249 g/mol. The first-order chi connectivity index (χ1) is 8.52. The number of aryl methyl sites for hydroxylation is 2. The van der Waals surface area contributed by atoms with Crippen LogP contribution < -0.4 is 9.88 Å². The van der Waals surface area contributed by atoms with E-state index < -0.39 is 0 Å². The lowest BCUT2D eigenvalue weighted by Gasteiger charge is -2.06. The van der Waals surface area contributed by atoms with Crippen LogP contribution in [0.15, 0.2) is 18.3 Å². The largest absolute Gasteiger partial charge is 0.351 e. The smallest absolute Gasteiger partial charge is 0.286 e. The molecule has 0 atom stereocenters. The van der Waals surface area contributed by atoms with Crippen molar-refractivity contribution in [2.45, 2.75) is 47.1 Å². The summed E-state index contributed by atoms with van der Waals surface area (Å²) in [7, 11) is 0. The predicted molar refractivity (Wildman–Crippen MR) is 73.2 cm³/mol. The van der Waals surface area contributed by atoms with Crippen LogP contribution in [0.3, 0.4) is 0 Å². The summed E-state index contributed by atoms with van der Waals surface area (Å²) in [5, 5.41) is 2.97. The number of hydrogen-bond donors (Lipinski definition) is 1. The summed E-state index contributed by atoms with van der Waals surface area (Å²) in [6, 6.07) is 4.18. The SMILES string of the molecule is CCc1ccc(C)[n+](CC(=O)NCCC(C)C)c1. The summed E-state index contributed by atoms with van der Waals surface area (Å²) in [5.74, 6) is 0.722. The lowest BCUT2D eigenvalue weighted by molar-refractivity contribution is -0.690. The maximum atomic E-state index is 11.8. The third-order valence-electron chi connectivity index (χ3n) is 3.08. The number of nitrogens with zero attached hydrogens (tertiary/aromatic N) is 1. The number of amides is 1. The Morgan fingerprint density at radius 3 is 2.72 bits per heavy atom.